The molecule has 7 nitrogen and oxygen atoms in total. The molecule has 2 fully saturated rings. The van der Waals surface area contributed by atoms with E-state index in [2.05, 4.69) is 14.9 Å². The Bertz CT molecular complexity index is 1470. The van der Waals surface area contributed by atoms with Crippen LogP contribution in [0.3, 0.4) is 0 Å². The Balaban J connectivity index is 0.000000237. The maximum atomic E-state index is 14.9. The lowest BCUT2D eigenvalue weighted by Gasteiger charge is -2.20. The molecular formula is C29H32F6N6OS. The summed E-state index contributed by atoms with van der Waals surface area (Å²) in [5.41, 5.74) is 3.67. The molecule has 2 aromatic heterocycles. The minimum Gasteiger partial charge on any atom is -0.467 e. The molecule has 2 unspecified atom stereocenters. The van der Waals surface area contributed by atoms with Crippen molar-refractivity contribution in [2.45, 2.75) is 44.6 Å². The lowest BCUT2D eigenvalue weighted by atomic mass is 10.0. The van der Waals surface area contributed by atoms with Crippen molar-refractivity contribution < 1.29 is 31.1 Å². The Hall–Kier alpha value is -3.83. The van der Waals surface area contributed by atoms with Crippen molar-refractivity contribution in [3.63, 3.8) is 0 Å². The first-order chi connectivity index (χ1) is 20.4. The van der Waals surface area contributed by atoms with Crippen LogP contribution < -0.4 is 15.4 Å². The van der Waals surface area contributed by atoms with Crippen molar-refractivity contribution in [1.29, 1.82) is 5.26 Å². The fourth-order valence-electron chi connectivity index (χ4n) is 4.77. The van der Waals surface area contributed by atoms with Crippen LogP contribution in [0.2, 0.25) is 0 Å². The van der Waals surface area contributed by atoms with Gasteiger partial charge in [0, 0.05) is 37.1 Å². The Morgan fingerprint density at radius 3 is 2.58 bits per heavy atom. The van der Waals surface area contributed by atoms with Gasteiger partial charge in [-0.1, -0.05) is 12.2 Å². The number of rotatable bonds is 5. The fraction of sp³-hybridized carbons (Fsp3) is 0.414. The predicted octanol–water partition coefficient (Wildman–Crippen LogP) is 7.14. The van der Waals surface area contributed by atoms with Gasteiger partial charge in [0.05, 0.1) is 24.6 Å². The summed E-state index contributed by atoms with van der Waals surface area (Å²) in [6.45, 7) is 4.04. The van der Waals surface area contributed by atoms with Gasteiger partial charge in [-0.15, -0.1) is 11.3 Å². The second kappa shape index (κ2) is 15.1. The van der Waals surface area contributed by atoms with Crippen molar-refractivity contribution in [3.8, 4) is 12.1 Å². The molecule has 5 rings (SSSR count). The molecule has 2 aliphatic heterocycles. The Kier molecular flexibility index (Phi) is 11.8. The second-order valence-electron chi connectivity index (χ2n) is 9.71. The number of allylic oxidation sites excluding steroid dienone is 2. The number of ether oxygens (including phenoxy) is 1. The first kappa shape index (κ1) is 33.7. The molecule has 2 saturated heterocycles. The summed E-state index contributed by atoms with van der Waals surface area (Å²) in [6, 6.07) is 4.89. The molecule has 0 spiro atoms. The van der Waals surface area contributed by atoms with Crippen LogP contribution >= 0.6 is 11.3 Å². The molecule has 0 aliphatic carbocycles. The summed E-state index contributed by atoms with van der Waals surface area (Å²) >= 11 is 1.38. The zero-order valence-corrected chi connectivity index (χ0v) is 24.7. The van der Waals surface area contributed by atoms with Crippen LogP contribution in [0.1, 0.15) is 42.9 Å². The van der Waals surface area contributed by atoms with Gasteiger partial charge in [-0.2, -0.15) is 28.4 Å². The van der Waals surface area contributed by atoms with Crippen molar-refractivity contribution >= 4 is 39.1 Å². The van der Waals surface area contributed by atoms with E-state index in [9.17, 15) is 26.3 Å². The zero-order valence-electron chi connectivity index (χ0n) is 23.8. The molecule has 3 aromatic rings. The summed E-state index contributed by atoms with van der Waals surface area (Å²) < 4.78 is 84.9. The number of benzene rings is 1. The maximum Gasteiger partial charge on any atom is 0.417 e. The number of nitriles is 1. The van der Waals surface area contributed by atoms with Crippen LogP contribution in [-0.4, -0.2) is 60.9 Å². The summed E-state index contributed by atoms with van der Waals surface area (Å²) in [5.74, 6) is -1.08. The Morgan fingerprint density at radius 2 is 2.05 bits per heavy atom. The third-order valence-electron chi connectivity index (χ3n) is 6.97. The van der Waals surface area contributed by atoms with Gasteiger partial charge in [-0.25, -0.2) is 13.2 Å². The highest BCUT2D eigenvalue weighted by atomic mass is 32.1. The number of hydrogen-bond donors (Lipinski definition) is 1. The molecule has 43 heavy (non-hydrogen) atoms. The van der Waals surface area contributed by atoms with Crippen LogP contribution in [0.5, 0.6) is 6.01 Å². The largest absolute Gasteiger partial charge is 0.467 e. The molecule has 0 bridgehead atoms. The van der Waals surface area contributed by atoms with E-state index >= 15 is 0 Å². The normalized spacial score (nSPS) is 18.2. The molecule has 1 aromatic carbocycles. The number of nitrogens with two attached hydrogens (primary N) is 1. The van der Waals surface area contributed by atoms with Gasteiger partial charge in [-0.3, -0.25) is 4.90 Å². The highest BCUT2D eigenvalue weighted by Gasteiger charge is 2.36. The SMILES string of the molecule is CCN(C)c1nc(OC)nc2c(F)c(/C=C/C=C/F)c(C(F)(F)F)cc12.FC1CC2CCCN2C1.N#Cc1ccsc1N. The smallest absolute Gasteiger partial charge is 0.417 e. The van der Waals surface area contributed by atoms with Gasteiger partial charge < -0.3 is 15.4 Å². The summed E-state index contributed by atoms with van der Waals surface area (Å²) in [4.78, 5) is 11.7. The zero-order chi connectivity index (χ0) is 31.7. The maximum absolute atomic E-state index is 14.9. The number of thiophene rings is 1. The molecule has 232 valence electrons. The number of hydrogen-bond acceptors (Lipinski definition) is 8. The van der Waals surface area contributed by atoms with Gasteiger partial charge >= 0.3 is 12.2 Å². The topological polar surface area (TPSA) is 91.3 Å². The highest BCUT2D eigenvalue weighted by Crippen LogP contribution is 2.39. The highest BCUT2D eigenvalue weighted by molar-refractivity contribution is 7.14. The number of nitrogen functional groups attached to an aromatic ring is 1. The second-order valence-corrected chi connectivity index (χ2v) is 10.7. The molecule has 0 amide bonds. The van der Waals surface area contributed by atoms with E-state index in [4.69, 9.17) is 15.7 Å². The van der Waals surface area contributed by atoms with Gasteiger partial charge in [0.2, 0.25) is 0 Å². The molecule has 0 radical (unpaired) electrons. The summed E-state index contributed by atoms with van der Waals surface area (Å²) in [5, 5.41) is 10.6. The van der Waals surface area contributed by atoms with Crippen LogP contribution in [0.4, 0.5) is 37.2 Å². The minimum absolute atomic E-state index is 0.0989. The van der Waals surface area contributed by atoms with Crippen molar-refractivity contribution in [2.24, 2.45) is 0 Å². The number of alkyl halides is 4. The molecule has 2 atom stereocenters. The number of halogens is 6. The minimum atomic E-state index is -4.82. The third kappa shape index (κ3) is 8.39. The number of anilines is 2. The lowest BCUT2D eigenvalue weighted by molar-refractivity contribution is -0.137. The van der Waals surface area contributed by atoms with Gasteiger partial charge in [-0.05, 0) is 56.3 Å². The molecule has 4 heterocycles. The van der Waals surface area contributed by atoms with E-state index in [0.717, 1.165) is 37.3 Å². The van der Waals surface area contributed by atoms with Gasteiger partial charge in [0.15, 0.2) is 5.82 Å². The van der Waals surface area contributed by atoms with Crippen molar-refractivity contribution in [3.05, 3.63) is 58.5 Å². The number of methoxy groups -OCH3 is 1. The fourth-order valence-corrected chi connectivity index (χ4v) is 5.36. The first-order valence-corrected chi connectivity index (χ1v) is 14.2. The van der Waals surface area contributed by atoms with Gasteiger partial charge in [0.25, 0.3) is 0 Å². The van der Waals surface area contributed by atoms with E-state index in [0.29, 0.717) is 29.7 Å². The van der Waals surface area contributed by atoms with Gasteiger partial charge in [0.1, 0.15) is 28.6 Å². The molecule has 2 aliphatic rings. The van der Waals surface area contributed by atoms with E-state index in [1.54, 1.807) is 30.3 Å². The van der Waals surface area contributed by atoms with Crippen molar-refractivity contribution in [1.82, 2.24) is 14.9 Å². The van der Waals surface area contributed by atoms with E-state index < -0.39 is 29.3 Å². The van der Waals surface area contributed by atoms with E-state index in [1.807, 2.05) is 6.07 Å². The van der Waals surface area contributed by atoms with Crippen LogP contribution in [0.15, 0.2) is 36.0 Å². The average Bonchev–Trinajstić information content (AvgIpc) is 3.69. The van der Waals surface area contributed by atoms with Crippen LogP contribution in [0, 0.1) is 17.1 Å². The van der Waals surface area contributed by atoms with Crippen LogP contribution in [0.25, 0.3) is 17.0 Å². The Morgan fingerprint density at radius 1 is 1.30 bits per heavy atom. The predicted molar refractivity (Wildman–Crippen MR) is 157 cm³/mol. The molecule has 0 saturated carbocycles. The monoisotopic (exact) mass is 626 g/mol. The van der Waals surface area contributed by atoms with Crippen molar-refractivity contribution in [2.75, 3.05) is 44.4 Å². The average molecular weight is 627 g/mol. The van der Waals surface area contributed by atoms with E-state index in [-0.39, 0.29) is 29.1 Å². The summed E-state index contributed by atoms with van der Waals surface area (Å²) in [6.07, 6.45) is 0.773. The molecular weight excluding hydrogens is 594 g/mol. The number of nitrogens with zero attached hydrogens (tertiary/aromatic N) is 5. The van der Waals surface area contributed by atoms with Crippen LogP contribution in [-0.2, 0) is 6.18 Å². The quantitative estimate of drug-likeness (QED) is 0.238. The standard InChI is InChI=1S/C17H16F5N3O.C7H12FN.C5H4N2S/c1-4-25(2)15-11-9-12(17(20,21)22)10(7-5-6-8-18)13(19)14(11)23-16(24-15)26-3;8-6-4-7-2-1-3-9(7)5-6;6-3-4-1-2-8-5(4)7/h5-9H,4H2,1-3H3;6-7H,1-5H2;1-2H,7H2/b7-5+,8-6+;;. The first-order valence-electron chi connectivity index (χ1n) is 13.4. The Labute approximate surface area is 249 Å². The summed E-state index contributed by atoms with van der Waals surface area (Å²) in [7, 11) is 2.87. The number of fused-ring (bicyclic) bond motifs is 2. The lowest BCUT2D eigenvalue weighted by Crippen LogP contribution is -2.22. The number of aromatic nitrogens is 2. The third-order valence-corrected chi connectivity index (χ3v) is 7.72. The molecule has 2 N–H and O–H groups in total. The molecule has 14 heteroatoms. The van der Waals surface area contributed by atoms with E-state index in [1.165, 1.54) is 31.3 Å².